The van der Waals surface area contributed by atoms with E-state index in [0.717, 1.165) is 24.2 Å². The van der Waals surface area contributed by atoms with Gasteiger partial charge in [-0.25, -0.2) is 9.89 Å². The Morgan fingerprint density at radius 2 is 2.05 bits per heavy atom. The van der Waals surface area contributed by atoms with Crippen LogP contribution in [0.5, 0.6) is 17.4 Å². The van der Waals surface area contributed by atoms with Gasteiger partial charge in [0, 0.05) is 5.56 Å². The van der Waals surface area contributed by atoms with Crippen molar-refractivity contribution in [1.29, 1.82) is 0 Å². The summed E-state index contributed by atoms with van der Waals surface area (Å²) in [5, 5.41) is 9.91. The van der Waals surface area contributed by atoms with Gasteiger partial charge in [0.2, 0.25) is 5.69 Å². The average molecular weight is 305 g/mol. The van der Waals surface area contributed by atoms with E-state index in [1.807, 2.05) is 12.1 Å². The van der Waals surface area contributed by atoms with E-state index < -0.39 is 5.97 Å². The Morgan fingerprint density at radius 1 is 1.27 bits per heavy atom. The number of nitrogens with zero attached hydrogens (tertiary/aromatic N) is 2. The topological polar surface area (TPSA) is 86.3 Å². The molecule has 1 heterocycles. The predicted octanol–water partition coefficient (Wildman–Crippen LogP) is 2.73. The Hall–Kier alpha value is -2.57. The van der Waals surface area contributed by atoms with E-state index in [9.17, 15) is 4.79 Å². The van der Waals surface area contributed by atoms with Gasteiger partial charge in [-0.05, 0) is 25.5 Å². The number of H-pyrrole nitrogens is 1. The molecule has 7 heteroatoms. The normalized spacial score (nSPS) is 10.3. The summed E-state index contributed by atoms with van der Waals surface area (Å²) < 4.78 is 16.0. The zero-order valence-electron chi connectivity index (χ0n) is 12.9. The summed E-state index contributed by atoms with van der Waals surface area (Å²) in [6, 6.07) is 5.49. The molecule has 1 N–H and O–H groups in total. The van der Waals surface area contributed by atoms with Gasteiger partial charge in [0.05, 0.1) is 13.7 Å². The van der Waals surface area contributed by atoms with Crippen LogP contribution in [0.4, 0.5) is 0 Å². The lowest BCUT2D eigenvalue weighted by molar-refractivity contribution is 0.0516. The van der Waals surface area contributed by atoms with E-state index in [1.165, 1.54) is 0 Å². The second-order valence-electron chi connectivity index (χ2n) is 4.50. The van der Waals surface area contributed by atoms with Gasteiger partial charge in [0.1, 0.15) is 11.5 Å². The number of hydrogen-bond acceptors (Lipinski definition) is 6. The molecule has 0 spiro atoms. The molecule has 0 bridgehead atoms. The number of aromatic nitrogens is 3. The standard InChI is InChI=1S/C15H19N3O4/c1-4-7-10-11(20-3)8-6-9-12(10)22-14-13(16-18-17-14)15(19)21-5-2/h6,8-9H,4-5,7H2,1-3H3,(H,16,17,18). The van der Waals surface area contributed by atoms with Gasteiger partial charge in [-0.15, -0.1) is 0 Å². The van der Waals surface area contributed by atoms with E-state index in [4.69, 9.17) is 14.2 Å². The summed E-state index contributed by atoms with van der Waals surface area (Å²) >= 11 is 0. The third-order valence-corrected chi connectivity index (χ3v) is 3.01. The molecule has 0 unspecified atom stereocenters. The minimum atomic E-state index is -0.553. The fraction of sp³-hybridized carbons (Fsp3) is 0.400. The summed E-state index contributed by atoms with van der Waals surface area (Å²) in [6.45, 7) is 4.05. The third kappa shape index (κ3) is 3.36. The van der Waals surface area contributed by atoms with Gasteiger partial charge in [0.25, 0.3) is 5.88 Å². The molecule has 2 aromatic rings. The van der Waals surface area contributed by atoms with Crippen molar-refractivity contribution < 1.29 is 19.0 Å². The summed E-state index contributed by atoms with van der Waals surface area (Å²) in [5.41, 5.74) is 1.01. The fourth-order valence-electron chi connectivity index (χ4n) is 2.06. The highest BCUT2D eigenvalue weighted by molar-refractivity contribution is 5.89. The quantitative estimate of drug-likeness (QED) is 0.791. The second kappa shape index (κ2) is 7.44. The van der Waals surface area contributed by atoms with Crippen LogP contribution in [0.2, 0.25) is 0 Å². The summed E-state index contributed by atoms with van der Waals surface area (Å²) in [7, 11) is 1.61. The smallest absolute Gasteiger partial charge is 0.362 e. The average Bonchev–Trinajstić information content (AvgIpc) is 2.97. The maximum atomic E-state index is 11.8. The fourth-order valence-corrected chi connectivity index (χ4v) is 2.06. The molecule has 0 fully saturated rings. The number of methoxy groups -OCH3 is 1. The van der Waals surface area contributed by atoms with Gasteiger partial charge in [0.15, 0.2) is 0 Å². The zero-order chi connectivity index (χ0) is 15.9. The number of ether oxygens (including phenoxy) is 3. The molecule has 7 nitrogen and oxygen atoms in total. The van der Waals surface area contributed by atoms with Crippen LogP contribution in [0.3, 0.4) is 0 Å². The number of aromatic amines is 1. The lowest BCUT2D eigenvalue weighted by Gasteiger charge is -2.13. The maximum absolute atomic E-state index is 11.8. The number of carbonyl (C=O) groups excluding carboxylic acids is 1. The van der Waals surface area contributed by atoms with Crippen LogP contribution >= 0.6 is 0 Å². The first kappa shape index (κ1) is 15.8. The molecule has 22 heavy (non-hydrogen) atoms. The Bertz CT molecular complexity index is 639. The van der Waals surface area contributed by atoms with Crippen molar-refractivity contribution in [2.75, 3.05) is 13.7 Å². The van der Waals surface area contributed by atoms with Gasteiger partial charge >= 0.3 is 5.97 Å². The molecular formula is C15H19N3O4. The molecular weight excluding hydrogens is 286 g/mol. The van der Waals surface area contributed by atoms with E-state index in [1.54, 1.807) is 20.1 Å². The van der Waals surface area contributed by atoms with Crippen molar-refractivity contribution in [2.45, 2.75) is 26.7 Å². The molecule has 1 aromatic heterocycles. The molecule has 0 aliphatic rings. The molecule has 0 amide bonds. The first-order valence-corrected chi connectivity index (χ1v) is 7.13. The van der Waals surface area contributed by atoms with Crippen molar-refractivity contribution in [2.24, 2.45) is 0 Å². The highest BCUT2D eigenvalue weighted by Crippen LogP contribution is 2.33. The highest BCUT2D eigenvalue weighted by Gasteiger charge is 2.20. The Labute approximate surface area is 128 Å². The van der Waals surface area contributed by atoms with Gasteiger partial charge in [-0.1, -0.05) is 29.7 Å². The van der Waals surface area contributed by atoms with Gasteiger partial charge < -0.3 is 14.2 Å². The number of carbonyl (C=O) groups is 1. The molecule has 0 aliphatic heterocycles. The summed E-state index contributed by atoms with van der Waals surface area (Å²) in [4.78, 5) is 11.8. The minimum Gasteiger partial charge on any atom is -0.496 e. The van der Waals surface area contributed by atoms with Crippen molar-refractivity contribution in [3.05, 3.63) is 29.5 Å². The Kier molecular flexibility index (Phi) is 5.35. The molecule has 0 radical (unpaired) electrons. The monoisotopic (exact) mass is 305 g/mol. The molecule has 0 aliphatic carbocycles. The lowest BCUT2D eigenvalue weighted by Crippen LogP contribution is -2.07. The molecule has 1 aromatic carbocycles. The van der Waals surface area contributed by atoms with Crippen LogP contribution in [0, 0.1) is 0 Å². The first-order chi connectivity index (χ1) is 10.7. The Balaban J connectivity index is 2.32. The summed E-state index contributed by atoms with van der Waals surface area (Å²) in [6.07, 6.45) is 1.71. The maximum Gasteiger partial charge on any atom is 0.362 e. The SMILES string of the molecule is CCCc1c(OC)cccc1Oc1nn[nH]c1C(=O)OCC. The number of rotatable bonds is 7. The van der Waals surface area contributed by atoms with Crippen LogP contribution < -0.4 is 9.47 Å². The molecule has 118 valence electrons. The highest BCUT2D eigenvalue weighted by atomic mass is 16.5. The van der Waals surface area contributed by atoms with Crippen LogP contribution in [0.25, 0.3) is 0 Å². The van der Waals surface area contributed by atoms with Crippen molar-refractivity contribution in [1.82, 2.24) is 15.4 Å². The Morgan fingerprint density at radius 3 is 2.73 bits per heavy atom. The van der Waals surface area contributed by atoms with E-state index in [2.05, 4.69) is 22.3 Å². The number of esters is 1. The summed E-state index contributed by atoms with van der Waals surface area (Å²) in [5.74, 6) is 0.854. The zero-order valence-corrected chi connectivity index (χ0v) is 12.9. The largest absolute Gasteiger partial charge is 0.496 e. The predicted molar refractivity (Wildman–Crippen MR) is 79.4 cm³/mol. The lowest BCUT2D eigenvalue weighted by atomic mass is 10.1. The second-order valence-corrected chi connectivity index (χ2v) is 4.50. The van der Waals surface area contributed by atoms with Crippen LogP contribution in [0.15, 0.2) is 18.2 Å². The molecule has 0 atom stereocenters. The van der Waals surface area contributed by atoms with Gasteiger partial charge in [-0.3, -0.25) is 0 Å². The van der Waals surface area contributed by atoms with Crippen molar-refractivity contribution >= 4 is 5.97 Å². The number of nitrogens with one attached hydrogen (secondary N) is 1. The van der Waals surface area contributed by atoms with E-state index >= 15 is 0 Å². The molecule has 0 saturated carbocycles. The number of hydrogen-bond donors (Lipinski definition) is 1. The van der Waals surface area contributed by atoms with Crippen LogP contribution in [-0.4, -0.2) is 35.1 Å². The van der Waals surface area contributed by atoms with E-state index in [0.29, 0.717) is 5.75 Å². The molecule has 2 rings (SSSR count). The first-order valence-electron chi connectivity index (χ1n) is 7.13. The minimum absolute atomic E-state index is 0.0871. The van der Waals surface area contributed by atoms with Crippen LogP contribution in [-0.2, 0) is 11.2 Å². The van der Waals surface area contributed by atoms with Crippen LogP contribution in [0.1, 0.15) is 36.3 Å². The van der Waals surface area contributed by atoms with Crippen molar-refractivity contribution in [3.8, 4) is 17.4 Å². The third-order valence-electron chi connectivity index (χ3n) is 3.01. The van der Waals surface area contributed by atoms with Crippen molar-refractivity contribution in [3.63, 3.8) is 0 Å². The molecule has 0 saturated heterocycles. The van der Waals surface area contributed by atoms with Gasteiger partial charge in [-0.2, -0.15) is 0 Å². The number of benzene rings is 1. The van der Waals surface area contributed by atoms with E-state index in [-0.39, 0.29) is 18.2 Å².